The molecule has 0 aromatic heterocycles. The van der Waals surface area contributed by atoms with Crippen LogP contribution in [0.5, 0.6) is 17.2 Å². The van der Waals surface area contributed by atoms with Crippen molar-refractivity contribution in [2.45, 2.75) is 75.5 Å². The number of Topliss-reactive ketones (excluding diaryl/α,β-unsaturated/α-hetero) is 1. The molecule has 3 aliphatic rings. The number of halogens is 3. The molecule has 1 amide bonds. The van der Waals surface area contributed by atoms with Crippen molar-refractivity contribution in [1.29, 1.82) is 0 Å². The average molecular weight is 624 g/mol. The second-order valence-electron chi connectivity index (χ2n) is 11.0. The van der Waals surface area contributed by atoms with Crippen LogP contribution in [0.4, 0.5) is 13.2 Å². The molecular formula is C29H28F3NO11. The first-order chi connectivity index (χ1) is 20.5. The van der Waals surface area contributed by atoms with E-state index in [9.17, 15) is 52.8 Å². The van der Waals surface area contributed by atoms with Gasteiger partial charge in [-0.05, 0) is 19.9 Å². The first-order valence-corrected chi connectivity index (χ1v) is 13.5. The van der Waals surface area contributed by atoms with E-state index in [2.05, 4.69) is 0 Å². The van der Waals surface area contributed by atoms with Gasteiger partial charge in [-0.25, -0.2) is 0 Å². The van der Waals surface area contributed by atoms with Gasteiger partial charge in [0.25, 0.3) is 0 Å². The molecule has 0 bridgehead atoms. The number of aromatic hydroxyl groups is 2. The summed E-state index contributed by atoms with van der Waals surface area (Å²) in [7, 11) is 1.27. The fourth-order valence-electron chi connectivity index (χ4n) is 6.02. The largest absolute Gasteiger partial charge is 0.507 e. The summed E-state index contributed by atoms with van der Waals surface area (Å²) < 4.78 is 55.5. The molecule has 6 atom stereocenters. The van der Waals surface area contributed by atoms with E-state index in [1.54, 1.807) is 5.32 Å². The van der Waals surface area contributed by atoms with Crippen LogP contribution in [0.25, 0.3) is 0 Å². The summed E-state index contributed by atoms with van der Waals surface area (Å²) in [6, 6.07) is 2.71. The zero-order valence-electron chi connectivity index (χ0n) is 23.5. The molecule has 3 unspecified atom stereocenters. The van der Waals surface area contributed by atoms with Gasteiger partial charge in [0.05, 0.1) is 42.0 Å². The number of aliphatic hydroxyl groups is 2. The van der Waals surface area contributed by atoms with Gasteiger partial charge in [0.15, 0.2) is 17.9 Å². The smallest absolute Gasteiger partial charge is 0.471 e. The molecule has 1 fully saturated rings. The molecular weight excluding hydrogens is 595 g/mol. The molecule has 1 saturated heterocycles. The number of methoxy groups -OCH3 is 1. The van der Waals surface area contributed by atoms with Crippen molar-refractivity contribution < 1.29 is 67.0 Å². The molecule has 2 aromatic rings. The highest BCUT2D eigenvalue weighted by Crippen LogP contribution is 2.52. The van der Waals surface area contributed by atoms with Crippen LogP contribution in [0.1, 0.15) is 75.8 Å². The molecule has 5 rings (SSSR count). The van der Waals surface area contributed by atoms with Crippen LogP contribution < -0.4 is 10.1 Å². The minimum absolute atomic E-state index is 0.0250. The number of fused-ring (bicyclic) bond motifs is 3. The third-order valence-electron chi connectivity index (χ3n) is 8.33. The number of hydrogen-bond donors (Lipinski definition) is 5. The number of aliphatic hydroxyl groups excluding tert-OH is 1. The predicted octanol–water partition coefficient (Wildman–Crippen LogP) is 1.75. The summed E-state index contributed by atoms with van der Waals surface area (Å²) in [4.78, 5) is 51.4. The Bertz CT molecular complexity index is 1590. The van der Waals surface area contributed by atoms with E-state index in [0.29, 0.717) is 0 Å². The lowest BCUT2D eigenvalue weighted by Crippen LogP contribution is -2.57. The minimum atomic E-state index is -5.24. The van der Waals surface area contributed by atoms with Crippen LogP contribution in [-0.4, -0.2) is 87.1 Å². The van der Waals surface area contributed by atoms with Crippen LogP contribution in [0, 0.1) is 0 Å². The summed E-state index contributed by atoms with van der Waals surface area (Å²) in [5.74, 6) is -6.32. The van der Waals surface area contributed by atoms with E-state index in [1.807, 2.05) is 0 Å². The van der Waals surface area contributed by atoms with E-state index in [0.717, 1.165) is 6.92 Å². The van der Waals surface area contributed by atoms with Crippen molar-refractivity contribution in [3.05, 3.63) is 51.6 Å². The van der Waals surface area contributed by atoms with Crippen molar-refractivity contribution in [1.82, 2.24) is 5.32 Å². The van der Waals surface area contributed by atoms with E-state index in [-0.39, 0.29) is 28.0 Å². The van der Waals surface area contributed by atoms with Crippen LogP contribution in [-0.2, 0) is 25.5 Å². The maximum atomic E-state index is 13.7. The van der Waals surface area contributed by atoms with E-state index < -0.39 is 108 Å². The van der Waals surface area contributed by atoms with Gasteiger partial charge in [0.2, 0.25) is 5.78 Å². The maximum absolute atomic E-state index is 13.7. The van der Waals surface area contributed by atoms with Crippen LogP contribution in [0.2, 0.25) is 0 Å². The SMILES string of the molecule is COc1cccc2c1C(=O)c1c(O)c3c(c(O)c1C2=O)CC(O)(C(C)=O)C[C@H]3O[C@H]1CC(NC(=O)C(F)(F)F)[C@H](O)C(C)O1. The summed E-state index contributed by atoms with van der Waals surface area (Å²) in [5.41, 5.74) is -4.15. The molecule has 2 aromatic carbocycles. The highest BCUT2D eigenvalue weighted by molar-refractivity contribution is 6.31. The molecule has 44 heavy (non-hydrogen) atoms. The fraction of sp³-hybridized carbons (Fsp3) is 0.448. The number of rotatable bonds is 5. The number of phenols is 2. The van der Waals surface area contributed by atoms with Crippen molar-refractivity contribution in [3.8, 4) is 17.2 Å². The number of carbonyl (C=O) groups excluding carboxylic acids is 4. The summed E-state index contributed by atoms with van der Waals surface area (Å²) in [5, 5.41) is 46.2. The summed E-state index contributed by atoms with van der Waals surface area (Å²) in [6.07, 6.45) is -12.7. The Morgan fingerprint density at radius 1 is 1.09 bits per heavy atom. The number of alkyl halides is 3. The van der Waals surface area contributed by atoms with Crippen LogP contribution in [0.15, 0.2) is 18.2 Å². The Labute approximate surface area is 247 Å². The first kappa shape index (κ1) is 31.4. The lowest BCUT2D eigenvalue weighted by atomic mass is 9.72. The molecule has 1 aliphatic heterocycles. The number of benzene rings is 2. The molecule has 0 saturated carbocycles. The van der Waals surface area contributed by atoms with Gasteiger partial charge >= 0.3 is 12.1 Å². The van der Waals surface area contributed by atoms with Crippen molar-refractivity contribution in [3.63, 3.8) is 0 Å². The van der Waals surface area contributed by atoms with Crippen molar-refractivity contribution in [2.24, 2.45) is 0 Å². The highest BCUT2D eigenvalue weighted by atomic mass is 19.4. The molecule has 2 aliphatic carbocycles. The number of nitrogens with one attached hydrogen (secondary N) is 1. The highest BCUT2D eigenvalue weighted by Gasteiger charge is 2.50. The fourth-order valence-corrected chi connectivity index (χ4v) is 6.02. The van der Waals surface area contributed by atoms with Gasteiger partial charge in [0.1, 0.15) is 29.0 Å². The normalized spacial score (nSPS) is 28.0. The van der Waals surface area contributed by atoms with Gasteiger partial charge in [-0.3, -0.25) is 19.2 Å². The third kappa shape index (κ3) is 4.99. The number of phenolic OH excluding ortho intramolecular Hbond substituents is 2. The molecule has 1 heterocycles. The molecule has 12 nitrogen and oxygen atoms in total. The number of ether oxygens (including phenoxy) is 3. The van der Waals surface area contributed by atoms with Gasteiger partial charge in [-0.2, -0.15) is 13.2 Å². The monoisotopic (exact) mass is 623 g/mol. The van der Waals surface area contributed by atoms with Gasteiger partial charge in [-0.15, -0.1) is 0 Å². The maximum Gasteiger partial charge on any atom is 0.471 e. The first-order valence-electron chi connectivity index (χ1n) is 13.5. The van der Waals surface area contributed by atoms with E-state index in [1.165, 1.54) is 32.2 Å². The van der Waals surface area contributed by atoms with Gasteiger partial charge < -0.3 is 40.0 Å². The number of amides is 1. The lowest BCUT2D eigenvalue weighted by molar-refractivity contribution is -0.250. The molecule has 236 valence electrons. The van der Waals surface area contributed by atoms with Crippen molar-refractivity contribution >= 4 is 23.3 Å². The lowest BCUT2D eigenvalue weighted by Gasteiger charge is -2.42. The Morgan fingerprint density at radius 2 is 1.75 bits per heavy atom. The van der Waals surface area contributed by atoms with Crippen LogP contribution in [0.3, 0.4) is 0 Å². The number of ketones is 3. The van der Waals surface area contributed by atoms with Crippen LogP contribution >= 0.6 is 0 Å². The second-order valence-corrected chi connectivity index (χ2v) is 11.0. The van der Waals surface area contributed by atoms with E-state index >= 15 is 0 Å². The Balaban J connectivity index is 1.60. The topological polar surface area (TPSA) is 189 Å². The number of carbonyl (C=O) groups is 4. The van der Waals surface area contributed by atoms with Gasteiger partial charge in [-0.1, -0.05) is 12.1 Å². The Morgan fingerprint density at radius 3 is 2.36 bits per heavy atom. The molecule has 15 heteroatoms. The average Bonchev–Trinajstić information content (AvgIpc) is 2.94. The predicted molar refractivity (Wildman–Crippen MR) is 140 cm³/mol. The Kier molecular flexibility index (Phi) is 7.73. The van der Waals surface area contributed by atoms with E-state index in [4.69, 9.17) is 14.2 Å². The summed E-state index contributed by atoms with van der Waals surface area (Å²) in [6.45, 7) is 2.37. The second kappa shape index (κ2) is 10.8. The Hall–Kier alpha value is -4.05. The molecule has 0 spiro atoms. The summed E-state index contributed by atoms with van der Waals surface area (Å²) >= 11 is 0. The van der Waals surface area contributed by atoms with Gasteiger partial charge in [0, 0.05) is 36.0 Å². The quantitative estimate of drug-likeness (QED) is 0.261. The van der Waals surface area contributed by atoms with Crippen molar-refractivity contribution in [2.75, 3.05) is 7.11 Å². The molecule has 0 radical (unpaired) electrons. The standard InChI is InChI=1S/C29H28F3NO11/c1-10-22(35)14(33-27(40)29(30,31)32)7-17(43-10)44-16-9-28(41,11(2)34)8-13-19(16)26(39)21-20(24(13)37)23(36)12-5-4-6-15(42-3)18(12)25(21)38/h4-6,10,14,16-17,22,35,37,39,41H,7-9H2,1-3H3,(H,33,40)/t10?,14?,16-,17+,22-,28?/m1/s1. The zero-order chi connectivity index (χ0) is 32.5. The third-order valence-corrected chi connectivity index (χ3v) is 8.33. The molecule has 5 N–H and O–H groups in total. The zero-order valence-corrected chi connectivity index (χ0v) is 23.5. The minimum Gasteiger partial charge on any atom is -0.507 e. The number of hydrogen-bond acceptors (Lipinski definition) is 11.